The Labute approximate surface area is 397 Å². The minimum absolute atomic E-state index is 0.0570. The summed E-state index contributed by atoms with van der Waals surface area (Å²) in [6, 6.07) is 22.0. The number of amides is 4. The smallest absolute Gasteiger partial charge is 0.258 e. The number of hydrogen-bond acceptors (Lipinski definition) is 10. The van der Waals surface area contributed by atoms with E-state index in [1.54, 1.807) is 24.3 Å². The monoisotopic (exact) mass is 982 g/mol. The maximum absolute atomic E-state index is 13.3. The number of carbonyl (C=O) groups excluding carboxylic acids is 6. The molecule has 4 N–H and O–H groups in total. The van der Waals surface area contributed by atoms with Gasteiger partial charge in [0.25, 0.3) is 23.6 Å². The first-order valence-corrected chi connectivity index (χ1v) is 21.6. The van der Waals surface area contributed by atoms with Crippen molar-refractivity contribution in [3.8, 4) is 0 Å². The number of ketones is 2. The number of azo groups is 2. The van der Waals surface area contributed by atoms with Gasteiger partial charge in [-0.2, -0.15) is 20.5 Å². The van der Waals surface area contributed by atoms with Crippen LogP contribution in [0.25, 0.3) is 0 Å². The highest BCUT2D eigenvalue weighted by atomic mass is 35.5. The molecule has 5 aromatic rings. The number of aryl methyl sites for hydroxylation is 2. The molecule has 0 radical (unpaired) electrons. The Bertz CT molecular complexity index is 2500. The van der Waals surface area contributed by atoms with Gasteiger partial charge in [-0.1, -0.05) is 82.8 Å². The summed E-state index contributed by atoms with van der Waals surface area (Å²) in [5.41, 5.74) is 3.11. The molecule has 4 amide bonds. The van der Waals surface area contributed by atoms with Crippen LogP contribution in [0.2, 0.25) is 20.1 Å². The Kier molecular flexibility index (Phi) is 17.9. The zero-order chi connectivity index (χ0) is 46.5. The summed E-state index contributed by atoms with van der Waals surface area (Å²) in [5, 5.41) is 26.3. The zero-order valence-corrected chi connectivity index (χ0v) is 38.3. The van der Waals surface area contributed by atoms with E-state index in [0.717, 1.165) is 25.0 Å². The van der Waals surface area contributed by atoms with Gasteiger partial charge in [0.2, 0.25) is 12.1 Å². The Morgan fingerprint density at radius 2 is 0.875 bits per heavy atom. The molecular weight excluding hydrogens is 949 g/mol. The molecule has 64 heavy (non-hydrogen) atoms. The molecule has 0 spiro atoms. The third-order valence-electron chi connectivity index (χ3n) is 8.99. The number of nitrogens with one attached hydrogen (secondary N) is 4. The standard InChI is InChI=1S/C44H36Cl6N8O6/c1-23(59)39(57-55-31-19-27(17-29(47)21-31)41(61)51-33-9-5-3-7-25(33)13-15-45)43(63)53-35-11-12-36(38(50)37(35)49)54-44(64)40(24(2)60)58-56-32-20-28(18-30(48)22-32)42(62)52-34-10-6-4-8-26(34)14-16-46/h3-12,17-22,39-40H,13-16H2,1-2H3,(H,51,61)(H,52,62)(H,53,63)(H,54,64). The van der Waals surface area contributed by atoms with Gasteiger partial charge in [-0.3, -0.25) is 28.8 Å². The topological polar surface area (TPSA) is 200 Å². The van der Waals surface area contributed by atoms with E-state index >= 15 is 0 Å². The van der Waals surface area contributed by atoms with Gasteiger partial charge in [-0.05, 0) is 98.5 Å². The van der Waals surface area contributed by atoms with Crippen molar-refractivity contribution in [2.75, 3.05) is 33.0 Å². The van der Waals surface area contributed by atoms with E-state index in [4.69, 9.17) is 69.6 Å². The molecule has 20 heteroatoms. The van der Waals surface area contributed by atoms with Crippen LogP contribution in [0.5, 0.6) is 0 Å². The van der Waals surface area contributed by atoms with E-state index < -0.39 is 47.3 Å². The molecule has 0 bridgehead atoms. The highest BCUT2D eigenvalue weighted by Gasteiger charge is 2.27. The van der Waals surface area contributed by atoms with Gasteiger partial charge < -0.3 is 21.3 Å². The number of carbonyl (C=O) groups is 6. The van der Waals surface area contributed by atoms with Gasteiger partial charge in [0.15, 0.2) is 11.6 Å². The zero-order valence-electron chi connectivity index (χ0n) is 33.7. The first kappa shape index (κ1) is 49.3. The molecule has 5 rings (SSSR count). The number of benzene rings is 5. The summed E-state index contributed by atoms with van der Waals surface area (Å²) < 4.78 is 0. The summed E-state index contributed by atoms with van der Waals surface area (Å²) in [4.78, 5) is 78.1. The number of rotatable bonds is 18. The van der Waals surface area contributed by atoms with Crippen LogP contribution < -0.4 is 21.3 Å². The van der Waals surface area contributed by atoms with E-state index in [1.807, 2.05) is 24.3 Å². The van der Waals surface area contributed by atoms with Crippen LogP contribution in [0, 0.1) is 0 Å². The van der Waals surface area contributed by atoms with Crippen LogP contribution in [0.1, 0.15) is 45.7 Å². The molecule has 2 unspecified atom stereocenters. The summed E-state index contributed by atoms with van der Waals surface area (Å²) in [6.07, 6.45) is 1.06. The number of para-hydroxylation sites is 2. The summed E-state index contributed by atoms with van der Waals surface area (Å²) in [7, 11) is 0. The number of halogens is 6. The SMILES string of the molecule is CC(=O)C(N=Nc1cc(Cl)cc(C(=O)Nc2ccccc2CCCl)c1)C(=O)Nc1ccc(NC(=O)C(N=Nc2cc(Cl)cc(C(=O)Nc3ccccc3CCCl)c2)C(C)=O)c(Cl)c1Cl. The fourth-order valence-electron chi connectivity index (χ4n) is 5.87. The van der Waals surface area contributed by atoms with Crippen molar-refractivity contribution >= 4 is 139 Å². The van der Waals surface area contributed by atoms with Crippen LogP contribution in [0.3, 0.4) is 0 Å². The summed E-state index contributed by atoms with van der Waals surface area (Å²) >= 11 is 37.4. The number of nitrogens with zero attached hydrogens (tertiary/aromatic N) is 4. The van der Waals surface area contributed by atoms with E-state index in [9.17, 15) is 28.8 Å². The third-order valence-corrected chi connectivity index (χ3v) is 10.7. The molecule has 0 fully saturated rings. The van der Waals surface area contributed by atoms with E-state index in [0.29, 0.717) is 36.0 Å². The Morgan fingerprint density at radius 1 is 0.500 bits per heavy atom. The minimum Gasteiger partial charge on any atom is -0.322 e. The molecule has 2 atom stereocenters. The predicted octanol–water partition coefficient (Wildman–Crippen LogP) is 11.7. The first-order chi connectivity index (χ1) is 30.6. The number of anilines is 4. The fourth-order valence-corrected chi connectivity index (χ4v) is 7.16. The molecule has 330 valence electrons. The Balaban J connectivity index is 1.26. The van der Waals surface area contributed by atoms with Crippen LogP contribution in [-0.4, -0.2) is 59.0 Å². The number of alkyl halides is 2. The lowest BCUT2D eigenvalue weighted by atomic mass is 10.1. The average molecular weight is 986 g/mol. The van der Waals surface area contributed by atoms with Gasteiger partial charge in [0.1, 0.15) is 0 Å². The van der Waals surface area contributed by atoms with E-state index in [1.165, 1.54) is 48.5 Å². The molecule has 0 aliphatic rings. The minimum atomic E-state index is -1.67. The largest absolute Gasteiger partial charge is 0.322 e. The summed E-state index contributed by atoms with van der Waals surface area (Å²) in [5.74, 6) is -3.52. The highest BCUT2D eigenvalue weighted by molar-refractivity contribution is 6.46. The molecule has 0 saturated carbocycles. The van der Waals surface area contributed by atoms with Crippen molar-refractivity contribution in [1.29, 1.82) is 0 Å². The maximum Gasteiger partial charge on any atom is 0.258 e. The van der Waals surface area contributed by atoms with E-state index in [-0.39, 0.29) is 54.0 Å². The molecule has 0 saturated heterocycles. The normalized spacial score (nSPS) is 12.1. The quantitative estimate of drug-likeness (QED) is 0.0382. The lowest BCUT2D eigenvalue weighted by Crippen LogP contribution is -2.32. The van der Waals surface area contributed by atoms with Crippen molar-refractivity contribution in [1.82, 2.24) is 0 Å². The highest BCUT2D eigenvalue weighted by Crippen LogP contribution is 2.37. The lowest BCUT2D eigenvalue weighted by Gasteiger charge is -2.15. The van der Waals surface area contributed by atoms with Gasteiger partial charge in [0, 0.05) is 44.3 Å². The number of Topliss-reactive ketones (excluding diaryl/α,β-unsaturated/α-hetero) is 2. The van der Waals surface area contributed by atoms with Crippen LogP contribution in [0.4, 0.5) is 34.1 Å². The van der Waals surface area contributed by atoms with Crippen molar-refractivity contribution < 1.29 is 28.8 Å². The lowest BCUT2D eigenvalue weighted by molar-refractivity contribution is -0.127. The third kappa shape index (κ3) is 13.4. The maximum atomic E-state index is 13.3. The van der Waals surface area contributed by atoms with Gasteiger partial charge >= 0.3 is 0 Å². The predicted molar refractivity (Wildman–Crippen MR) is 252 cm³/mol. The van der Waals surface area contributed by atoms with Gasteiger partial charge in [-0.25, -0.2) is 0 Å². The second kappa shape index (κ2) is 23.3. The molecule has 0 aliphatic carbocycles. The average Bonchev–Trinajstić information content (AvgIpc) is 3.24. The van der Waals surface area contributed by atoms with Crippen molar-refractivity contribution in [2.45, 2.75) is 38.8 Å². The molecule has 0 heterocycles. The van der Waals surface area contributed by atoms with Crippen molar-refractivity contribution in [3.63, 3.8) is 0 Å². The number of hydrogen-bond donors (Lipinski definition) is 4. The molecule has 5 aromatic carbocycles. The van der Waals surface area contributed by atoms with Crippen molar-refractivity contribution in [2.24, 2.45) is 20.5 Å². The van der Waals surface area contributed by atoms with Gasteiger partial charge in [0.05, 0.1) is 32.8 Å². The fraction of sp³-hybridized carbons (Fsp3) is 0.182. The Morgan fingerprint density at radius 3 is 1.23 bits per heavy atom. The molecule has 0 aliphatic heterocycles. The van der Waals surface area contributed by atoms with Crippen molar-refractivity contribution in [3.05, 3.63) is 139 Å². The molecular formula is C44H36Cl6N8O6. The van der Waals surface area contributed by atoms with Gasteiger partial charge in [-0.15, -0.1) is 23.2 Å². The van der Waals surface area contributed by atoms with Crippen LogP contribution in [-0.2, 0) is 32.0 Å². The second-order valence-electron chi connectivity index (χ2n) is 13.7. The van der Waals surface area contributed by atoms with E-state index in [2.05, 4.69) is 41.7 Å². The molecule has 0 aromatic heterocycles. The van der Waals surface area contributed by atoms with Crippen LogP contribution >= 0.6 is 69.6 Å². The second-order valence-corrected chi connectivity index (χ2v) is 16.1. The Hall–Kier alpha value is -5.74. The first-order valence-electron chi connectivity index (χ1n) is 19.0. The van der Waals surface area contributed by atoms with Crippen LogP contribution in [0.15, 0.2) is 118 Å². The molecule has 14 nitrogen and oxygen atoms in total. The summed E-state index contributed by atoms with van der Waals surface area (Å²) in [6.45, 7) is 2.25.